The first-order valence-corrected chi connectivity index (χ1v) is 7.37. The Bertz CT molecular complexity index is 578. The van der Waals surface area contributed by atoms with Crippen molar-refractivity contribution in [3.63, 3.8) is 0 Å². The van der Waals surface area contributed by atoms with Gasteiger partial charge in [-0.25, -0.2) is 0 Å². The van der Waals surface area contributed by atoms with E-state index >= 15 is 0 Å². The number of hydrogen-bond acceptors (Lipinski definition) is 4. The third kappa shape index (κ3) is 4.07. The number of nitrogens with zero attached hydrogens (tertiary/aromatic N) is 3. The second-order valence-corrected chi connectivity index (χ2v) is 5.55. The van der Waals surface area contributed by atoms with E-state index in [0.717, 1.165) is 24.4 Å². The summed E-state index contributed by atoms with van der Waals surface area (Å²) >= 11 is 0. The highest BCUT2D eigenvalue weighted by Crippen LogP contribution is 2.19. The van der Waals surface area contributed by atoms with Crippen molar-refractivity contribution < 1.29 is 9.59 Å². The van der Waals surface area contributed by atoms with Crippen LogP contribution in [0.4, 0.5) is 5.69 Å². The highest BCUT2D eigenvalue weighted by atomic mass is 16.2. The summed E-state index contributed by atoms with van der Waals surface area (Å²) in [4.78, 5) is 25.0. The maximum absolute atomic E-state index is 12.0. The molecule has 2 rings (SSSR count). The minimum Gasteiger partial charge on any atom is -0.352 e. The molecule has 0 fully saturated rings. The van der Waals surface area contributed by atoms with Gasteiger partial charge < -0.3 is 10.2 Å². The van der Waals surface area contributed by atoms with Gasteiger partial charge in [-0.15, -0.1) is 0 Å². The molecule has 6 nitrogen and oxygen atoms in total. The molecule has 1 aliphatic rings. The monoisotopic (exact) mass is 302 g/mol. The van der Waals surface area contributed by atoms with Crippen molar-refractivity contribution in [1.82, 2.24) is 10.2 Å². The van der Waals surface area contributed by atoms with E-state index in [0.29, 0.717) is 18.5 Å². The Kier molecular flexibility index (Phi) is 5.14. The lowest BCUT2D eigenvalue weighted by atomic mass is 10.2. The van der Waals surface area contributed by atoms with Crippen LogP contribution in [0, 0.1) is 0 Å². The normalized spacial score (nSPS) is 13.8. The Morgan fingerprint density at radius 3 is 2.50 bits per heavy atom. The molecule has 1 aliphatic heterocycles. The van der Waals surface area contributed by atoms with Gasteiger partial charge >= 0.3 is 0 Å². The lowest BCUT2D eigenvalue weighted by molar-refractivity contribution is -0.128. The summed E-state index contributed by atoms with van der Waals surface area (Å²) in [5.41, 5.74) is 2.68. The first-order chi connectivity index (χ1) is 10.5. The van der Waals surface area contributed by atoms with Crippen LogP contribution >= 0.6 is 0 Å². The fourth-order valence-corrected chi connectivity index (χ4v) is 2.15. The standard InChI is InChI=1S/C16H22N4O2/c1-12-9-11-20(18-12)14-6-4-13(5-7-14)16(22)17-10-8-15(21)19(2)3/h4-7H,8-11H2,1-3H3,(H,17,22). The number of amides is 2. The molecule has 0 aliphatic carbocycles. The molecule has 1 aromatic carbocycles. The van der Waals surface area contributed by atoms with Gasteiger partial charge in [0.15, 0.2) is 0 Å². The van der Waals surface area contributed by atoms with Crippen molar-refractivity contribution >= 4 is 23.2 Å². The Morgan fingerprint density at radius 1 is 1.27 bits per heavy atom. The number of anilines is 1. The van der Waals surface area contributed by atoms with Crippen molar-refractivity contribution in [2.75, 3.05) is 32.2 Å². The van der Waals surface area contributed by atoms with E-state index in [1.54, 1.807) is 26.2 Å². The number of hydrazone groups is 1. The quantitative estimate of drug-likeness (QED) is 0.896. The Morgan fingerprint density at radius 2 is 1.95 bits per heavy atom. The van der Waals surface area contributed by atoms with Crippen LogP contribution in [-0.2, 0) is 4.79 Å². The van der Waals surface area contributed by atoms with Crippen molar-refractivity contribution in [2.24, 2.45) is 5.10 Å². The van der Waals surface area contributed by atoms with Gasteiger partial charge in [0.05, 0.1) is 5.69 Å². The van der Waals surface area contributed by atoms with E-state index in [1.807, 2.05) is 24.1 Å². The Labute approximate surface area is 130 Å². The van der Waals surface area contributed by atoms with Gasteiger partial charge in [-0.1, -0.05) is 0 Å². The van der Waals surface area contributed by atoms with Gasteiger partial charge in [0.1, 0.15) is 0 Å². The molecule has 0 saturated heterocycles. The lowest BCUT2D eigenvalue weighted by Gasteiger charge is -2.14. The summed E-state index contributed by atoms with van der Waals surface area (Å²) in [5, 5.41) is 9.12. The summed E-state index contributed by atoms with van der Waals surface area (Å²) < 4.78 is 0. The van der Waals surface area contributed by atoms with Crippen LogP contribution in [0.3, 0.4) is 0 Å². The smallest absolute Gasteiger partial charge is 0.251 e. The summed E-state index contributed by atoms with van der Waals surface area (Å²) in [6.45, 7) is 3.23. The lowest BCUT2D eigenvalue weighted by Crippen LogP contribution is -2.30. The number of carbonyl (C=O) groups excluding carboxylic acids is 2. The third-order valence-corrected chi connectivity index (χ3v) is 3.53. The fourth-order valence-electron chi connectivity index (χ4n) is 2.15. The Balaban J connectivity index is 1.87. The molecule has 0 saturated carbocycles. The number of hydrogen-bond donors (Lipinski definition) is 1. The van der Waals surface area contributed by atoms with Crippen LogP contribution < -0.4 is 10.3 Å². The number of nitrogens with one attached hydrogen (secondary N) is 1. The van der Waals surface area contributed by atoms with E-state index in [1.165, 1.54) is 4.90 Å². The van der Waals surface area contributed by atoms with Gasteiger partial charge in [-0.2, -0.15) is 5.10 Å². The molecular weight excluding hydrogens is 280 g/mol. The molecule has 0 bridgehead atoms. The summed E-state index contributed by atoms with van der Waals surface area (Å²) in [6.07, 6.45) is 1.28. The van der Waals surface area contributed by atoms with Gasteiger partial charge in [-0.05, 0) is 31.2 Å². The average Bonchev–Trinajstić information content (AvgIpc) is 2.93. The SMILES string of the molecule is CC1=NN(c2ccc(C(=O)NCCC(=O)N(C)C)cc2)CC1. The summed E-state index contributed by atoms with van der Waals surface area (Å²) in [5.74, 6) is -0.169. The van der Waals surface area contributed by atoms with Crippen LogP contribution in [0.25, 0.3) is 0 Å². The zero-order valence-electron chi connectivity index (χ0n) is 13.3. The number of rotatable bonds is 5. The molecule has 0 atom stereocenters. The second kappa shape index (κ2) is 7.06. The molecule has 1 N–H and O–H groups in total. The molecular formula is C16H22N4O2. The predicted molar refractivity (Wildman–Crippen MR) is 87.2 cm³/mol. The van der Waals surface area contributed by atoms with Crippen LogP contribution in [0.15, 0.2) is 29.4 Å². The van der Waals surface area contributed by atoms with E-state index in [4.69, 9.17) is 0 Å². The van der Waals surface area contributed by atoms with Gasteiger partial charge in [0, 0.05) is 51.3 Å². The third-order valence-electron chi connectivity index (χ3n) is 3.53. The molecule has 0 spiro atoms. The topological polar surface area (TPSA) is 65.0 Å². The highest BCUT2D eigenvalue weighted by Gasteiger charge is 2.13. The highest BCUT2D eigenvalue weighted by molar-refractivity contribution is 5.95. The summed E-state index contributed by atoms with van der Waals surface area (Å²) in [7, 11) is 3.40. The van der Waals surface area contributed by atoms with Crippen LogP contribution in [0.5, 0.6) is 0 Å². The van der Waals surface area contributed by atoms with Crippen molar-refractivity contribution in [3.05, 3.63) is 29.8 Å². The van der Waals surface area contributed by atoms with Gasteiger partial charge in [-0.3, -0.25) is 14.6 Å². The molecule has 6 heteroatoms. The largest absolute Gasteiger partial charge is 0.352 e. The maximum atomic E-state index is 12.0. The van der Waals surface area contributed by atoms with E-state index in [-0.39, 0.29) is 11.8 Å². The molecule has 0 radical (unpaired) electrons. The van der Waals surface area contributed by atoms with E-state index < -0.39 is 0 Å². The predicted octanol–water partition coefficient (Wildman–Crippen LogP) is 1.48. The zero-order chi connectivity index (χ0) is 16.1. The zero-order valence-corrected chi connectivity index (χ0v) is 13.3. The first-order valence-electron chi connectivity index (χ1n) is 7.37. The Hall–Kier alpha value is -2.37. The molecule has 22 heavy (non-hydrogen) atoms. The second-order valence-electron chi connectivity index (χ2n) is 5.55. The first kappa shape index (κ1) is 16.0. The van der Waals surface area contributed by atoms with Crippen LogP contribution in [0.2, 0.25) is 0 Å². The van der Waals surface area contributed by atoms with Crippen molar-refractivity contribution in [1.29, 1.82) is 0 Å². The summed E-state index contributed by atoms with van der Waals surface area (Å²) in [6, 6.07) is 7.34. The molecule has 0 unspecified atom stereocenters. The molecule has 0 aromatic heterocycles. The van der Waals surface area contributed by atoms with Crippen LogP contribution in [-0.4, -0.2) is 49.6 Å². The van der Waals surface area contributed by atoms with E-state index in [2.05, 4.69) is 10.4 Å². The van der Waals surface area contributed by atoms with Crippen molar-refractivity contribution in [2.45, 2.75) is 19.8 Å². The fraction of sp³-hybridized carbons (Fsp3) is 0.438. The minimum atomic E-state index is -0.167. The van der Waals surface area contributed by atoms with Gasteiger partial charge in [0.2, 0.25) is 5.91 Å². The molecule has 1 aromatic rings. The van der Waals surface area contributed by atoms with Crippen LogP contribution in [0.1, 0.15) is 30.1 Å². The molecule has 1 heterocycles. The maximum Gasteiger partial charge on any atom is 0.251 e. The number of benzene rings is 1. The average molecular weight is 302 g/mol. The van der Waals surface area contributed by atoms with Gasteiger partial charge in [0.25, 0.3) is 5.91 Å². The molecule has 118 valence electrons. The van der Waals surface area contributed by atoms with Crippen molar-refractivity contribution in [3.8, 4) is 0 Å². The number of carbonyl (C=O) groups is 2. The van der Waals surface area contributed by atoms with E-state index in [9.17, 15) is 9.59 Å². The minimum absolute atomic E-state index is 0.00193. The molecule has 2 amide bonds.